The molecule has 0 saturated carbocycles. The van der Waals surface area contributed by atoms with Crippen molar-refractivity contribution in [3.05, 3.63) is 54.1 Å². The smallest absolute Gasteiger partial charge is 0.327 e. The molecule has 17 N–H and O–H groups in total. The van der Waals surface area contributed by atoms with Crippen LogP contribution in [0.1, 0.15) is 50.8 Å². The van der Waals surface area contributed by atoms with Gasteiger partial charge in [-0.2, -0.15) is 12.6 Å². The number of hydrogen-bond acceptors (Lipinski definition) is 14. The fraction of sp³-hybridized carbons (Fsp3) is 0.513. The Morgan fingerprint density at radius 2 is 1.32 bits per heavy atom. The predicted octanol–water partition coefficient (Wildman–Crippen LogP) is -4.87. The second-order valence-corrected chi connectivity index (χ2v) is 15.1. The highest BCUT2D eigenvalue weighted by Gasteiger charge is 2.34. The minimum Gasteiger partial charge on any atom is -0.481 e. The third-order valence-corrected chi connectivity index (χ3v) is 10.1. The summed E-state index contributed by atoms with van der Waals surface area (Å²) < 4.78 is 0. The number of carbonyl (C=O) groups excluding carboxylic acids is 7. The van der Waals surface area contributed by atoms with E-state index in [2.05, 4.69) is 64.8 Å². The molecule has 0 radical (unpaired) electrons. The number of guanidine groups is 1. The summed E-state index contributed by atoms with van der Waals surface area (Å²) in [6.07, 6.45) is 1.74. The topological polar surface area (TPSA) is 418 Å². The Balaban J connectivity index is 2.42. The maximum Gasteiger partial charge on any atom is 0.327 e. The number of amides is 7. The maximum absolute atomic E-state index is 14.1. The Morgan fingerprint density at radius 1 is 0.769 bits per heavy atom. The number of imidazole rings is 1. The highest BCUT2D eigenvalue weighted by atomic mass is 32.1. The third-order valence-electron chi connectivity index (χ3n) is 9.73. The molecule has 0 aliphatic rings. The van der Waals surface area contributed by atoms with Crippen LogP contribution in [0.3, 0.4) is 0 Å². The van der Waals surface area contributed by atoms with Gasteiger partial charge >= 0.3 is 11.9 Å². The predicted molar refractivity (Wildman–Crippen MR) is 235 cm³/mol. The van der Waals surface area contributed by atoms with Crippen molar-refractivity contribution < 1.29 is 58.5 Å². The molecule has 0 bridgehead atoms. The lowest BCUT2D eigenvalue weighted by Crippen LogP contribution is -2.60. The molecule has 25 nitrogen and oxygen atoms in total. The minimum atomic E-state index is -1.92. The van der Waals surface area contributed by atoms with E-state index in [1.165, 1.54) is 12.5 Å². The highest BCUT2D eigenvalue weighted by Crippen LogP contribution is 2.09. The van der Waals surface area contributed by atoms with Crippen LogP contribution >= 0.6 is 12.6 Å². The van der Waals surface area contributed by atoms with Crippen LogP contribution < -0.4 is 54.4 Å². The molecule has 0 spiro atoms. The number of benzene rings is 1. The number of carboxylic acids is 2. The molecule has 26 heteroatoms. The number of nitrogens with one attached hydrogen (secondary N) is 8. The lowest BCUT2D eigenvalue weighted by atomic mass is 9.99. The van der Waals surface area contributed by atoms with Gasteiger partial charge in [0.2, 0.25) is 41.4 Å². The molecule has 0 saturated heterocycles. The van der Waals surface area contributed by atoms with Gasteiger partial charge in [0.15, 0.2) is 5.96 Å². The van der Waals surface area contributed by atoms with Gasteiger partial charge in [-0.15, -0.1) is 0 Å². The average Bonchev–Trinajstić information content (AvgIpc) is 3.79. The number of aliphatic imine (C=N–C) groups is 1. The van der Waals surface area contributed by atoms with Crippen LogP contribution in [0.2, 0.25) is 0 Å². The number of rotatable bonds is 29. The summed E-state index contributed by atoms with van der Waals surface area (Å²) in [5, 5.41) is 45.2. The van der Waals surface area contributed by atoms with Crippen molar-refractivity contribution in [2.45, 2.75) is 94.7 Å². The van der Waals surface area contributed by atoms with Gasteiger partial charge in [-0.1, -0.05) is 50.6 Å². The number of nitrogens with two attached hydrogens (primary N) is 3. The van der Waals surface area contributed by atoms with E-state index in [0.29, 0.717) is 12.0 Å². The van der Waals surface area contributed by atoms with Crippen LogP contribution in [0.25, 0.3) is 0 Å². The van der Waals surface area contributed by atoms with Crippen LogP contribution in [-0.4, -0.2) is 152 Å². The second kappa shape index (κ2) is 28.1. The first-order chi connectivity index (χ1) is 30.8. The number of aliphatic hydroxyl groups is 1. The number of carboxylic acid groups (broad SMARTS) is 2. The summed E-state index contributed by atoms with van der Waals surface area (Å²) in [7, 11) is 0. The molecule has 2 rings (SSSR count). The largest absolute Gasteiger partial charge is 0.481 e. The zero-order valence-electron chi connectivity index (χ0n) is 35.8. The summed E-state index contributed by atoms with van der Waals surface area (Å²) in [5.41, 5.74) is 17.8. The molecule has 2 aromatic rings. The Labute approximate surface area is 379 Å². The third kappa shape index (κ3) is 19.6. The number of H-pyrrole nitrogens is 1. The van der Waals surface area contributed by atoms with Crippen LogP contribution in [-0.2, 0) is 56.0 Å². The summed E-state index contributed by atoms with van der Waals surface area (Å²) in [6.45, 7) is 2.06. The monoisotopic (exact) mass is 933 g/mol. The zero-order valence-corrected chi connectivity index (χ0v) is 36.7. The number of thiol groups is 1. The quantitative estimate of drug-likeness (QED) is 0.0157. The molecule has 0 aliphatic carbocycles. The fourth-order valence-electron chi connectivity index (χ4n) is 5.82. The molecule has 1 heterocycles. The number of carbonyl (C=O) groups is 9. The molecular formula is C39H59N13O12S. The highest BCUT2D eigenvalue weighted by molar-refractivity contribution is 7.80. The van der Waals surface area contributed by atoms with Gasteiger partial charge in [0.25, 0.3) is 0 Å². The van der Waals surface area contributed by atoms with Crippen molar-refractivity contribution >= 4 is 71.9 Å². The van der Waals surface area contributed by atoms with Crippen molar-refractivity contribution in [2.24, 2.45) is 28.1 Å². The molecule has 0 fully saturated rings. The molecule has 1 aromatic heterocycles. The van der Waals surface area contributed by atoms with Gasteiger partial charge in [-0.3, -0.25) is 43.3 Å². The molecule has 1 aromatic carbocycles. The van der Waals surface area contributed by atoms with Gasteiger partial charge in [0.05, 0.1) is 31.9 Å². The van der Waals surface area contributed by atoms with Gasteiger partial charge < -0.3 is 74.7 Å². The van der Waals surface area contributed by atoms with Gasteiger partial charge in [0, 0.05) is 37.0 Å². The van der Waals surface area contributed by atoms with Crippen molar-refractivity contribution in [2.75, 3.05) is 25.4 Å². The Kier molecular flexibility index (Phi) is 23.5. The second-order valence-electron chi connectivity index (χ2n) is 14.8. The van der Waals surface area contributed by atoms with E-state index in [-0.39, 0.29) is 55.6 Å². The van der Waals surface area contributed by atoms with Gasteiger partial charge in [0.1, 0.15) is 36.3 Å². The zero-order chi connectivity index (χ0) is 48.6. The number of aliphatic carboxylic acids is 2. The van der Waals surface area contributed by atoms with Crippen LogP contribution in [0.5, 0.6) is 0 Å². The van der Waals surface area contributed by atoms with E-state index in [1.54, 1.807) is 37.3 Å². The first kappa shape index (κ1) is 54.3. The van der Waals surface area contributed by atoms with Gasteiger partial charge in [-0.25, -0.2) is 9.78 Å². The fourth-order valence-corrected chi connectivity index (χ4v) is 6.07. The Morgan fingerprint density at radius 3 is 1.88 bits per heavy atom. The number of aromatic nitrogens is 2. The van der Waals surface area contributed by atoms with Crippen molar-refractivity contribution in [1.82, 2.24) is 47.2 Å². The van der Waals surface area contributed by atoms with E-state index >= 15 is 0 Å². The first-order valence-corrected chi connectivity index (χ1v) is 21.0. The molecule has 8 atom stereocenters. The molecular weight excluding hydrogens is 875 g/mol. The lowest BCUT2D eigenvalue weighted by Gasteiger charge is -2.27. The first-order valence-electron chi connectivity index (χ1n) is 20.4. The number of aliphatic hydroxyl groups excluding tert-OH is 1. The number of nitrogens with zero attached hydrogens (tertiary/aromatic N) is 2. The van der Waals surface area contributed by atoms with Crippen molar-refractivity contribution in [3.8, 4) is 0 Å². The van der Waals surface area contributed by atoms with Crippen LogP contribution in [0, 0.1) is 5.92 Å². The van der Waals surface area contributed by atoms with E-state index in [4.69, 9.17) is 17.2 Å². The summed E-state index contributed by atoms with van der Waals surface area (Å²) in [4.78, 5) is 128. The summed E-state index contributed by atoms with van der Waals surface area (Å²) in [6, 6.07) is -1.89. The normalized spacial score (nSPS) is 14.5. The molecule has 7 amide bonds. The molecule has 0 unspecified atom stereocenters. The number of hydrogen-bond donors (Lipinski definition) is 15. The van der Waals surface area contributed by atoms with E-state index in [9.17, 15) is 58.5 Å². The summed E-state index contributed by atoms with van der Waals surface area (Å²) >= 11 is 3.84. The standard InChI is InChI=1S/C39H59N13O12S/c1-3-20(2)31(40)37(62)45-16-29(54)47-24(12-21-8-5-4-6-9-21)33(58)48-23(10-7-11-44-39(41)42)32(57)49-25(13-22-15-43-19-46-22)34(59)50-26(14-30(55)56)35(60)51-27(17-53)36(61)52-28(18-65)38(63)64/h4-6,8-9,15,19-20,23-28,31,53,65H,3,7,10-14,16-18,40H2,1-2H3,(H,43,46)(H,45,62)(H,47,54)(H,48,58)(H,49,57)(H,50,59)(H,51,60)(H,52,61)(H,55,56)(H,63,64)(H4,41,42,44)/t20-,23-,24-,25-,26-,27-,28-,31-/m0/s1. The van der Waals surface area contributed by atoms with Crippen LogP contribution in [0.15, 0.2) is 47.8 Å². The average molecular weight is 934 g/mol. The van der Waals surface area contributed by atoms with E-state index in [0.717, 1.165) is 0 Å². The van der Waals surface area contributed by atoms with E-state index < -0.39 is 115 Å². The van der Waals surface area contributed by atoms with Crippen molar-refractivity contribution in [3.63, 3.8) is 0 Å². The lowest BCUT2D eigenvalue weighted by molar-refractivity contribution is -0.143. The Bertz CT molecular complexity index is 1950. The number of aromatic amines is 1. The Hall–Kier alpha value is -6.80. The molecule has 358 valence electrons. The SMILES string of the molecule is CC[C@H](C)[C@H](N)C(=O)NCC(=O)N[C@@H](Cc1ccccc1)C(=O)N[C@@H](CCCN=C(N)N)C(=O)N[C@@H](Cc1cnc[nH]1)C(=O)N[C@@H](CC(=O)O)C(=O)N[C@@H](CO)C(=O)N[C@@H](CS)C(=O)O. The minimum absolute atomic E-state index is 0.00709. The molecule has 65 heavy (non-hydrogen) atoms. The van der Waals surface area contributed by atoms with Crippen LogP contribution in [0.4, 0.5) is 0 Å². The van der Waals surface area contributed by atoms with Crippen molar-refractivity contribution in [1.29, 1.82) is 0 Å². The summed E-state index contributed by atoms with van der Waals surface area (Å²) in [5.74, 6) is -10.5. The maximum atomic E-state index is 14.1. The molecule has 0 aliphatic heterocycles. The van der Waals surface area contributed by atoms with Gasteiger partial charge in [-0.05, 0) is 24.3 Å². The van der Waals surface area contributed by atoms with E-state index in [1.807, 2.05) is 6.92 Å².